The highest BCUT2D eigenvalue weighted by Gasteiger charge is 1.97. The van der Waals surface area contributed by atoms with Gasteiger partial charge in [-0.3, -0.25) is 0 Å². The van der Waals surface area contributed by atoms with Crippen LogP contribution in [-0.4, -0.2) is 6.54 Å². The maximum atomic E-state index is 13.1. The Morgan fingerprint density at radius 2 is 2.36 bits per heavy atom. The molecule has 1 aromatic rings. The summed E-state index contributed by atoms with van der Waals surface area (Å²) in [5.74, 6) is -0.394. The summed E-state index contributed by atoms with van der Waals surface area (Å²) < 4.78 is 13.1. The summed E-state index contributed by atoms with van der Waals surface area (Å²) >= 11 is 5.57. The van der Waals surface area contributed by atoms with Crippen molar-refractivity contribution in [3.8, 4) is 0 Å². The molecule has 0 spiro atoms. The monoisotopic (exact) mass is 211 g/mol. The number of benzene rings is 1. The van der Waals surface area contributed by atoms with E-state index in [2.05, 4.69) is 10.0 Å². The molecule has 0 aliphatic heterocycles. The lowest BCUT2D eigenvalue weighted by Gasteiger charge is -1.96. The third-order valence-corrected chi connectivity index (χ3v) is 1.75. The average Bonchev–Trinajstić information content (AvgIpc) is 2.15. The zero-order valence-electron chi connectivity index (χ0n) is 7.19. The van der Waals surface area contributed by atoms with Crippen molar-refractivity contribution in [1.82, 2.24) is 0 Å². The van der Waals surface area contributed by atoms with Gasteiger partial charge in [0, 0.05) is 22.0 Å². The normalized spacial score (nSPS) is 10.1. The second-order valence-corrected chi connectivity index (χ2v) is 2.92. The molecule has 0 unspecified atom stereocenters. The number of halogens is 2. The highest BCUT2D eigenvalue weighted by molar-refractivity contribution is 6.30. The van der Waals surface area contributed by atoms with Crippen molar-refractivity contribution in [3.05, 3.63) is 51.1 Å². The molecular weight excluding hydrogens is 205 g/mol. The number of hydrogen-bond donors (Lipinski definition) is 0. The maximum absolute atomic E-state index is 13.1. The van der Waals surface area contributed by atoms with Gasteiger partial charge in [0.1, 0.15) is 5.82 Å². The molecule has 72 valence electrons. The highest BCUT2D eigenvalue weighted by atomic mass is 35.5. The molecule has 0 heterocycles. The van der Waals surface area contributed by atoms with E-state index in [-0.39, 0.29) is 6.54 Å². The van der Waals surface area contributed by atoms with Gasteiger partial charge >= 0.3 is 0 Å². The van der Waals surface area contributed by atoms with Crippen LogP contribution in [0.2, 0.25) is 5.02 Å². The summed E-state index contributed by atoms with van der Waals surface area (Å²) in [4.78, 5) is 2.56. The molecular formula is C9H7ClFN3. The topological polar surface area (TPSA) is 48.8 Å². The first-order valence-electron chi connectivity index (χ1n) is 3.86. The molecule has 5 heteroatoms. The Hall–Kier alpha value is -1.51. The molecule has 0 atom stereocenters. The van der Waals surface area contributed by atoms with Crippen molar-refractivity contribution in [2.24, 2.45) is 5.11 Å². The molecule has 0 saturated heterocycles. The molecule has 0 aliphatic carbocycles. The van der Waals surface area contributed by atoms with Crippen molar-refractivity contribution in [1.29, 1.82) is 0 Å². The first kappa shape index (κ1) is 10.6. The third kappa shape index (κ3) is 3.09. The average molecular weight is 212 g/mol. The quantitative estimate of drug-likeness (QED) is 0.415. The predicted molar refractivity (Wildman–Crippen MR) is 54.5 cm³/mol. The van der Waals surface area contributed by atoms with E-state index in [0.717, 1.165) is 0 Å². The Bertz CT molecular complexity index is 397. The fourth-order valence-corrected chi connectivity index (χ4v) is 1.06. The van der Waals surface area contributed by atoms with Crippen LogP contribution in [0.4, 0.5) is 4.39 Å². The minimum absolute atomic E-state index is 0.207. The van der Waals surface area contributed by atoms with Crippen molar-refractivity contribution < 1.29 is 4.39 Å². The predicted octanol–water partition coefficient (Wildman–Crippen LogP) is 3.80. The minimum Gasteiger partial charge on any atom is -0.206 e. The zero-order valence-corrected chi connectivity index (χ0v) is 7.95. The van der Waals surface area contributed by atoms with Gasteiger partial charge in [-0.15, -0.1) is 0 Å². The van der Waals surface area contributed by atoms with Gasteiger partial charge in [-0.25, -0.2) is 4.39 Å². The van der Waals surface area contributed by atoms with E-state index < -0.39 is 5.82 Å². The lowest BCUT2D eigenvalue weighted by molar-refractivity contribution is 0.625. The van der Waals surface area contributed by atoms with Crippen LogP contribution in [0, 0.1) is 5.82 Å². The molecule has 1 rings (SSSR count). The standard InChI is InChI=1S/C9H7ClFN3/c10-8-4-3-7(9(11)6-8)2-1-5-13-14-12/h1-4,6H,5H2. The van der Waals surface area contributed by atoms with E-state index in [4.69, 9.17) is 17.1 Å². The van der Waals surface area contributed by atoms with E-state index in [0.29, 0.717) is 10.6 Å². The van der Waals surface area contributed by atoms with Gasteiger partial charge in [0.25, 0.3) is 0 Å². The number of nitrogens with zero attached hydrogens (tertiary/aromatic N) is 3. The minimum atomic E-state index is -0.394. The molecule has 0 aromatic heterocycles. The molecule has 0 bridgehead atoms. The van der Waals surface area contributed by atoms with Crippen molar-refractivity contribution in [3.63, 3.8) is 0 Å². The zero-order chi connectivity index (χ0) is 10.4. The number of azide groups is 1. The summed E-state index contributed by atoms with van der Waals surface area (Å²) in [6.45, 7) is 0.207. The van der Waals surface area contributed by atoms with E-state index in [1.54, 1.807) is 24.3 Å². The Morgan fingerprint density at radius 1 is 1.57 bits per heavy atom. The summed E-state index contributed by atoms with van der Waals surface area (Å²) in [5.41, 5.74) is 8.41. The van der Waals surface area contributed by atoms with E-state index in [1.165, 1.54) is 6.07 Å². The van der Waals surface area contributed by atoms with Gasteiger partial charge in [0.2, 0.25) is 0 Å². The molecule has 0 amide bonds. The molecule has 0 N–H and O–H groups in total. The van der Waals surface area contributed by atoms with Gasteiger partial charge in [0.05, 0.1) is 0 Å². The fourth-order valence-electron chi connectivity index (χ4n) is 0.900. The summed E-state index contributed by atoms with van der Waals surface area (Å²) in [6.07, 6.45) is 3.12. The second kappa shape index (κ2) is 5.27. The Morgan fingerprint density at radius 3 is 3.00 bits per heavy atom. The molecule has 0 saturated carbocycles. The SMILES string of the molecule is [N-]=[N+]=NCC=Cc1ccc(Cl)cc1F. The highest BCUT2D eigenvalue weighted by Crippen LogP contribution is 2.15. The molecule has 1 aromatic carbocycles. The first-order valence-corrected chi connectivity index (χ1v) is 4.24. The molecule has 3 nitrogen and oxygen atoms in total. The van der Waals surface area contributed by atoms with Crippen LogP contribution in [0.25, 0.3) is 16.5 Å². The Balaban J connectivity index is 2.76. The Labute approximate surface area is 85.4 Å². The number of rotatable bonds is 3. The summed E-state index contributed by atoms with van der Waals surface area (Å²) in [5, 5.41) is 3.64. The van der Waals surface area contributed by atoms with Crippen molar-refractivity contribution in [2.45, 2.75) is 0 Å². The van der Waals surface area contributed by atoms with Crippen LogP contribution in [0.15, 0.2) is 29.4 Å². The Kier molecular flexibility index (Phi) is 3.98. The lowest BCUT2D eigenvalue weighted by atomic mass is 10.2. The fraction of sp³-hybridized carbons (Fsp3) is 0.111. The summed E-state index contributed by atoms with van der Waals surface area (Å²) in [7, 11) is 0. The van der Waals surface area contributed by atoms with Crippen LogP contribution in [-0.2, 0) is 0 Å². The first-order chi connectivity index (χ1) is 6.74. The molecule has 14 heavy (non-hydrogen) atoms. The molecule has 0 aliphatic rings. The van der Waals surface area contributed by atoms with Crippen LogP contribution in [0.1, 0.15) is 5.56 Å². The van der Waals surface area contributed by atoms with Crippen molar-refractivity contribution in [2.75, 3.05) is 6.54 Å². The van der Waals surface area contributed by atoms with Crippen LogP contribution >= 0.6 is 11.6 Å². The lowest BCUT2D eigenvalue weighted by Crippen LogP contribution is -1.81. The van der Waals surface area contributed by atoms with Gasteiger partial charge in [0.15, 0.2) is 0 Å². The third-order valence-electron chi connectivity index (χ3n) is 1.51. The largest absolute Gasteiger partial charge is 0.206 e. The van der Waals surface area contributed by atoms with E-state index in [1.807, 2.05) is 0 Å². The summed E-state index contributed by atoms with van der Waals surface area (Å²) in [6, 6.07) is 4.39. The van der Waals surface area contributed by atoms with Gasteiger partial charge < -0.3 is 0 Å². The van der Waals surface area contributed by atoms with Crippen molar-refractivity contribution >= 4 is 17.7 Å². The van der Waals surface area contributed by atoms with Crippen LogP contribution in [0.3, 0.4) is 0 Å². The second-order valence-electron chi connectivity index (χ2n) is 2.48. The van der Waals surface area contributed by atoms with Crippen LogP contribution < -0.4 is 0 Å². The van der Waals surface area contributed by atoms with Gasteiger partial charge in [-0.05, 0) is 17.7 Å². The molecule has 0 fully saturated rings. The van der Waals surface area contributed by atoms with E-state index >= 15 is 0 Å². The number of hydrogen-bond acceptors (Lipinski definition) is 1. The van der Waals surface area contributed by atoms with Crippen LogP contribution in [0.5, 0.6) is 0 Å². The van der Waals surface area contributed by atoms with Gasteiger partial charge in [-0.1, -0.05) is 34.9 Å². The molecule has 0 radical (unpaired) electrons. The van der Waals surface area contributed by atoms with Gasteiger partial charge in [-0.2, -0.15) is 0 Å². The smallest absolute Gasteiger partial charge is 0.131 e. The van der Waals surface area contributed by atoms with E-state index in [9.17, 15) is 4.39 Å². The maximum Gasteiger partial charge on any atom is 0.131 e.